The molecule has 0 aliphatic carbocycles. The lowest BCUT2D eigenvalue weighted by molar-refractivity contribution is -0.141. The molecular formula is C31H42N10O10S2. The van der Waals surface area contributed by atoms with E-state index in [1.54, 1.807) is 31.2 Å². The second-order valence-corrected chi connectivity index (χ2v) is 13.7. The van der Waals surface area contributed by atoms with E-state index in [9.17, 15) is 39.0 Å². The van der Waals surface area contributed by atoms with Crippen molar-refractivity contribution in [3.05, 3.63) is 52.1 Å². The van der Waals surface area contributed by atoms with Crippen LogP contribution in [0.5, 0.6) is 0 Å². The monoisotopic (exact) mass is 778 g/mol. The molecule has 3 atom stereocenters. The van der Waals surface area contributed by atoms with Gasteiger partial charge in [-0.3, -0.25) is 24.2 Å². The fourth-order valence-electron chi connectivity index (χ4n) is 4.42. The average molecular weight is 779 g/mol. The molecule has 0 saturated carbocycles. The van der Waals surface area contributed by atoms with Crippen molar-refractivity contribution in [2.75, 3.05) is 49.4 Å². The number of aliphatic carboxylic acids is 2. The first-order valence-corrected chi connectivity index (χ1v) is 18.7. The zero-order valence-electron chi connectivity index (χ0n) is 28.9. The highest BCUT2D eigenvalue weighted by molar-refractivity contribution is 8.76. The number of carboxylic acid groups (broad SMARTS) is 2. The number of methoxy groups -OCH3 is 1. The summed E-state index contributed by atoms with van der Waals surface area (Å²) in [5.41, 5.74) is 7.23. The molecule has 3 aromatic rings. The van der Waals surface area contributed by atoms with Crippen molar-refractivity contribution in [1.29, 1.82) is 0 Å². The zero-order valence-corrected chi connectivity index (χ0v) is 30.5. The topological polar surface area (TPSA) is 302 Å². The molecule has 0 bridgehead atoms. The normalized spacial score (nSPS) is 12.6. The third-order valence-electron chi connectivity index (χ3n) is 7.06. The number of hydrogen-bond acceptors (Lipinski definition) is 16. The molecule has 10 N–H and O–H groups in total. The summed E-state index contributed by atoms with van der Waals surface area (Å²) in [6, 6.07) is 3.52. The quantitative estimate of drug-likeness (QED) is 0.0454. The van der Waals surface area contributed by atoms with E-state index in [1.165, 1.54) is 24.1 Å². The molecule has 1 aromatic carbocycles. The maximum Gasteiger partial charge on any atom is 0.407 e. The Balaban J connectivity index is 1.43. The molecule has 0 aliphatic heterocycles. The molecule has 2 aromatic heterocycles. The molecule has 53 heavy (non-hydrogen) atoms. The van der Waals surface area contributed by atoms with Gasteiger partial charge < -0.3 is 52.0 Å². The third-order valence-corrected chi connectivity index (χ3v) is 9.44. The standard InChI is InChI=1S/C31H42N10O10S2/c1-3-33-31(49)51-10-11-52-53-16-22(29(47)48)39-26(43)21(15-50-2)38-23(42)9-8-20(28(45)46)35-12-17-4-6-18(7-5-17)34-13-19-14-36-25-24(37-19)27(44)41-30(32)40-25/h4-7,14,20-22,34-35H,3,8-13,15-16H2,1-2H3,(H,33,49)(H,38,42)(H,39,43)(H,45,46)(H,47,48)(H3,32,36,40,41,44)/t20-,21-,22-/m0/s1. The molecule has 0 radical (unpaired) electrons. The number of anilines is 2. The lowest BCUT2D eigenvalue weighted by atomic mass is 10.1. The van der Waals surface area contributed by atoms with Gasteiger partial charge in [0, 0.05) is 43.8 Å². The lowest BCUT2D eigenvalue weighted by Crippen LogP contribution is -2.54. The fraction of sp³-hybridized carbons (Fsp3) is 0.452. The van der Waals surface area contributed by atoms with E-state index in [2.05, 4.69) is 46.5 Å². The van der Waals surface area contributed by atoms with Crippen molar-refractivity contribution in [2.24, 2.45) is 0 Å². The number of nitrogens with one attached hydrogen (secondary N) is 6. The number of carbonyl (C=O) groups excluding carboxylic acids is 3. The first kappa shape index (κ1) is 42.2. The highest BCUT2D eigenvalue weighted by atomic mass is 33.1. The van der Waals surface area contributed by atoms with Gasteiger partial charge >= 0.3 is 18.0 Å². The van der Waals surface area contributed by atoms with Crippen LogP contribution in [0.2, 0.25) is 0 Å². The van der Waals surface area contributed by atoms with Crippen LogP contribution in [0.4, 0.5) is 16.4 Å². The number of hydrogen-bond donors (Lipinski definition) is 9. The number of alkyl carbamates (subject to hydrolysis) is 1. The summed E-state index contributed by atoms with van der Waals surface area (Å²) in [4.78, 5) is 87.4. The number of rotatable bonds is 23. The number of aromatic amines is 1. The van der Waals surface area contributed by atoms with Crippen molar-refractivity contribution in [3.63, 3.8) is 0 Å². The number of nitrogen functional groups attached to an aromatic ring is 1. The van der Waals surface area contributed by atoms with Crippen molar-refractivity contribution < 1.29 is 43.7 Å². The maximum atomic E-state index is 12.9. The number of amides is 3. The molecule has 2 heterocycles. The zero-order chi connectivity index (χ0) is 38.8. The van der Waals surface area contributed by atoms with Crippen molar-refractivity contribution >= 4 is 74.2 Å². The van der Waals surface area contributed by atoms with Gasteiger partial charge in [-0.25, -0.2) is 19.6 Å². The van der Waals surface area contributed by atoms with Gasteiger partial charge in [0.15, 0.2) is 11.2 Å². The predicted molar refractivity (Wildman–Crippen MR) is 197 cm³/mol. The summed E-state index contributed by atoms with van der Waals surface area (Å²) < 4.78 is 9.97. The number of nitrogens with zero attached hydrogens (tertiary/aromatic N) is 3. The average Bonchev–Trinajstić information content (AvgIpc) is 3.11. The van der Waals surface area contributed by atoms with Crippen LogP contribution in [0.3, 0.4) is 0 Å². The SMILES string of the molecule is CCNC(=O)OCCSSC[C@H](NC(=O)[C@H](COC)NC(=O)CC[C@H](NCc1ccc(NCc2cnc3nc(N)[nH]c(=O)c3n2)cc1)C(=O)O)C(=O)O. The minimum absolute atomic E-state index is 0.00975. The van der Waals surface area contributed by atoms with E-state index in [0.29, 0.717) is 18.0 Å². The molecule has 3 amide bonds. The Morgan fingerprint density at radius 1 is 0.981 bits per heavy atom. The van der Waals surface area contributed by atoms with Crippen molar-refractivity contribution in [2.45, 2.75) is 51.0 Å². The molecule has 3 rings (SSSR count). The second kappa shape index (κ2) is 22.0. The Bertz CT molecular complexity index is 1770. The van der Waals surface area contributed by atoms with E-state index in [1.807, 2.05) is 0 Å². The van der Waals surface area contributed by atoms with Crippen LogP contribution >= 0.6 is 21.6 Å². The summed E-state index contributed by atoms with van der Waals surface area (Å²) in [7, 11) is 3.73. The smallest absolute Gasteiger partial charge is 0.407 e. The first-order chi connectivity index (χ1) is 25.4. The fourth-order valence-corrected chi connectivity index (χ4v) is 6.40. The maximum absolute atomic E-state index is 12.9. The third kappa shape index (κ3) is 14.8. The highest BCUT2D eigenvalue weighted by Crippen LogP contribution is 2.22. The molecule has 0 aliphatic rings. The van der Waals surface area contributed by atoms with Gasteiger partial charge in [0.2, 0.25) is 17.8 Å². The second-order valence-electron chi connectivity index (χ2n) is 11.1. The molecule has 288 valence electrons. The molecule has 0 unspecified atom stereocenters. The van der Waals surface area contributed by atoms with Gasteiger partial charge in [-0.15, -0.1) is 0 Å². The number of aromatic nitrogens is 4. The van der Waals surface area contributed by atoms with Crippen molar-refractivity contribution in [3.8, 4) is 0 Å². The summed E-state index contributed by atoms with van der Waals surface area (Å²) >= 11 is 0. The predicted octanol–water partition coefficient (Wildman–Crippen LogP) is 0.0585. The minimum Gasteiger partial charge on any atom is -0.480 e. The van der Waals surface area contributed by atoms with Crippen LogP contribution in [0, 0.1) is 0 Å². The molecule has 20 nitrogen and oxygen atoms in total. The summed E-state index contributed by atoms with van der Waals surface area (Å²) in [5, 5.41) is 32.8. The number of fused-ring (bicyclic) bond motifs is 1. The Morgan fingerprint density at radius 2 is 1.72 bits per heavy atom. The molecule has 22 heteroatoms. The Kier molecular flexibility index (Phi) is 17.5. The molecule has 0 saturated heterocycles. The van der Waals surface area contributed by atoms with Gasteiger partial charge in [0.1, 0.15) is 24.7 Å². The van der Waals surface area contributed by atoms with Gasteiger partial charge in [-0.1, -0.05) is 33.7 Å². The Hall–Kier alpha value is -5.19. The van der Waals surface area contributed by atoms with Crippen LogP contribution in [0.15, 0.2) is 35.3 Å². The van der Waals surface area contributed by atoms with E-state index in [0.717, 1.165) is 22.0 Å². The van der Waals surface area contributed by atoms with Gasteiger partial charge in [0.05, 0.1) is 25.0 Å². The highest BCUT2D eigenvalue weighted by Gasteiger charge is 2.27. The van der Waals surface area contributed by atoms with E-state index in [-0.39, 0.29) is 62.0 Å². The summed E-state index contributed by atoms with van der Waals surface area (Å²) in [5.74, 6) is -3.54. The number of nitrogens with two attached hydrogens (primary N) is 1. The summed E-state index contributed by atoms with van der Waals surface area (Å²) in [6.45, 7) is 2.48. The molecular weight excluding hydrogens is 737 g/mol. The van der Waals surface area contributed by atoms with Crippen LogP contribution < -0.4 is 37.9 Å². The molecule has 0 spiro atoms. The van der Waals surface area contributed by atoms with E-state index in [4.69, 9.17) is 15.2 Å². The van der Waals surface area contributed by atoms with Crippen LogP contribution in [-0.2, 0) is 41.7 Å². The first-order valence-electron chi connectivity index (χ1n) is 16.2. The van der Waals surface area contributed by atoms with Crippen molar-refractivity contribution in [1.82, 2.24) is 41.2 Å². The van der Waals surface area contributed by atoms with Crippen LogP contribution in [0.1, 0.15) is 31.0 Å². The number of carbonyl (C=O) groups is 5. The Labute approximate surface area is 311 Å². The lowest BCUT2D eigenvalue weighted by Gasteiger charge is -2.21. The Morgan fingerprint density at radius 3 is 2.40 bits per heavy atom. The number of carboxylic acids is 2. The van der Waals surface area contributed by atoms with E-state index >= 15 is 0 Å². The minimum atomic E-state index is -1.28. The van der Waals surface area contributed by atoms with Crippen LogP contribution in [0.25, 0.3) is 11.2 Å². The number of benzene rings is 1. The van der Waals surface area contributed by atoms with Gasteiger partial charge in [0.25, 0.3) is 5.56 Å². The number of ether oxygens (including phenoxy) is 2. The van der Waals surface area contributed by atoms with E-state index < -0.39 is 53.5 Å². The van der Waals surface area contributed by atoms with Crippen LogP contribution in [-0.4, -0.2) is 116 Å². The number of H-pyrrole nitrogens is 1. The molecule has 0 fully saturated rings. The largest absolute Gasteiger partial charge is 0.480 e. The summed E-state index contributed by atoms with van der Waals surface area (Å²) in [6.07, 6.45) is 0.576. The van der Waals surface area contributed by atoms with Gasteiger partial charge in [-0.2, -0.15) is 4.98 Å². The van der Waals surface area contributed by atoms with Gasteiger partial charge in [-0.05, 0) is 31.0 Å².